The Morgan fingerprint density at radius 2 is 0.906 bits per heavy atom. The molecule has 0 spiro atoms. The number of hydrogen-bond acceptors (Lipinski definition) is 6. The van der Waals surface area contributed by atoms with Crippen molar-refractivity contribution in [2.45, 2.75) is 91.9 Å². The van der Waals surface area contributed by atoms with Crippen molar-refractivity contribution in [1.29, 1.82) is 0 Å². The summed E-state index contributed by atoms with van der Waals surface area (Å²) in [6, 6.07) is 0. The number of esters is 2. The maximum absolute atomic E-state index is 11.5. The van der Waals surface area contributed by atoms with Crippen molar-refractivity contribution in [3.05, 3.63) is 23.3 Å². The first-order chi connectivity index (χ1) is 15.2. The van der Waals surface area contributed by atoms with Crippen molar-refractivity contribution in [1.82, 2.24) is 0 Å². The molecule has 32 heavy (non-hydrogen) atoms. The van der Waals surface area contributed by atoms with E-state index in [0.29, 0.717) is 26.1 Å². The minimum atomic E-state index is -1.10. The van der Waals surface area contributed by atoms with Crippen molar-refractivity contribution in [2.24, 2.45) is 0 Å². The molecule has 0 bridgehead atoms. The molecule has 0 saturated carbocycles. The molecule has 8 nitrogen and oxygen atoms in total. The van der Waals surface area contributed by atoms with Crippen molar-refractivity contribution < 1.29 is 38.9 Å². The molecular formula is C24H40O8. The highest BCUT2D eigenvalue weighted by atomic mass is 16.5. The third-order valence-corrected chi connectivity index (χ3v) is 4.18. The first-order valence-corrected chi connectivity index (χ1v) is 11.4. The molecule has 0 heterocycles. The standard InChI is InChI=1S/2C12H20O4/c2*1-3-5-7-10(9-11(13)14)12(15)16-8-6-4-2/h2*9H,3-8H2,1-2H3,(H,13,14)/b2*10-9-. The van der Waals surface area contributed by atoms with Crippen LogP contribution in [0.4, 0.5) is 0 Å². The number of hydrogen-bond donors (Lipinski definition) is 2. The summed E-state index contributed by atoms with van der Waals surface area (Å²) >= 11 is 0. The van der Waals surface area contributed by atoms with Crippen LogP contribution in [0.15, 0.2) is 23.3 Å². The molecule has 0 fully saturated rings. The first kappa shape index (κ1) is 31.5. The lowest BCUT2D eigenvalue weighted by Crippen LogP contribution is -2.10. The quantitative estimate of drug-likeness (QED) is 0.187. The van der Waals surface area contributed by atoms with Crippen molar-refractivity contribution >= 4 is 23.9 Å². The van der Waals surface area contributed by atoms with E-state index in [4.69, 9.17) is 19.7 Å². The number of carbonyl (C=O) groups is 4. The summed E-state index contributed by atoms with van der Waals surface area (Å²) in [5.41, 5.74) is 0.510. The van der Waals surface area contributed by atoms with E-state index in [1.807, 2.05) is 27.7 Å². The van der Waals surface area contributed by atoms with Crippen molar-refractivity contribution in [3.63, 3.8) is 0 Å². The molecule has 184 valence electrons. The number of carbonyl (C=O) groups excluding carboxylic acids is 2. The first-order valence-electron chi connectivity index (χ1n) is 11.4. The summed E-state index contributed by atoms with van der Waals surface area (Å²) in [6.07, 6.45) is 9.75. The Hall–Kier alpha value is -2.64. The van der Waals surface area contributed by atoms with Crippen LogP contribution in [0.1, 0.15) is 91.9 Å². The number of aliphatic carboxylic acids is 2. The predicted molar refractivity (Wildman–Crippen MR) is 122 cm³/mol. The minimum absolute atomic E-state index is 0.255. The van der Waals surface area contributed by atoms with E-state index in [-0.39, 0.29) is 11.1 Å². The lowest BCUT2D eigenvalue weighted by Gasteiger charge is -2.06. The zero-order valence-corrected chi connectivity index (χ0v) is 20.0. The normalized spacial score (nSPS) is 11.2. The summed E-state index contributed by atoms with van der Waals surface area (Å²) in [6.45, 7) is 8.69. The van der Waals surface area contributed by atoms with Gasteiger partial charge in [-0.15, -0.1) is 0 Å². The number of carboxylic acid groups (broad SMARTS) is 2. The Morgan fingerprint density at radius 3 is 1.16 bits per heavy atom. The van der Waals surface area contributed by atoms with Gasteiger partial charge >= 0.3 is 23.9 Å². The predicted octanol–water partition coefficient (Wildman–Crippen LogP) is 5.06. The maximum Gasteiger partial charge on any atom is 0.334 e. The average Bonchev–Trinajstić information content (AvgIpc) is 2.74. The topological polar surface area (TPSA) is 127 Å². The highest BCUT2D eigenvalue weighted by Gasteiger charge is 2.13. The molecule has 0 amide bonds. The van der Waals surface area contributed by atoms with Gasteiger partial charge in [-0.05, 0) is 38.5 Å². The Bertz CT molecular complexity index is 565. The smallest absolute Gasteiger partial charge is 0.334 e. The SMILES string of the molecule is CCCCOC(=O)/C(=C\C(=O)O)CCCC.CCCCOC(=O)/C(=C\C(=O)O)CCCC. The lowest BCUT2D eigenvalue weighted by molar-refractivity contribution is -0.140. The van der Waals surface area contributed by atoms with Crippen LogP contribution >= 0.6 is 0 Å². The molecule has 0 unspecified atom stereocenters. The number of unbranched alkanes of at least 4 members (excludes halogenated alkanes) is 4. The molecule has 0 aliphatic heterocycles. The largest absolute Gasteiger partial charge is 0.478 e. The van der Waals surface area contributed by atoms with Crippen LogP contribution in [0.25, 0.3) is 0 Å². The molecule has 0 aromatic heterocycles. The molecule has 0 atom stereocenters. The van der Waals surface area contributed by atoms with Gasteiger partial charge in [-0.1, -0.05) is 53.4 Å². The van der Waals surface area contributed by atoms with Gasteiger partial charge in [-0.2, -0.15) is 0 Å². The number of ether oxygens (including phenoxy) is 2. The molecule has 0 radical (unpaired) electrons. The second kappa shape index (κ2) is 21.6. The fourth-order valence-electron chi connectivity index (χ4n) is 2.30. The second-order valence-electron chi connectivity index (χ2n) is 7.20. The molecule has 0 aliphatic carbocycles. The van der Waals surface area contributed by atoms with E-state index in [1.54, 1.807) is 0 Å². The van der Waals surface area contributed by atoms with Gasteiger partial charge in [0.25, 0.3) is 0 Å². The van der Waals surface area contributed by atoms with Crippen LogP contribution in [-0.4, -0.2) is 47.3 Å². The molecular weight excluding hydrogens is 416 g/mol. The molecule has 2 N–H and O–H groups in total. The zero-order valence-electron chi connectivity index (χ0n) is 20.0. The van der Waals surface area contributed by atoms with Crippen LogP contribution in [0, 0.1) is 0 Å². The second-order valence-corrected chi connectivity index (χ2v) is 7.20. The highest BCUT2D eigenvalue weighted by Crippen LogP contribution is 2.11. The van der Waals surface area contributed by atoms with Gasteiger partial charge in [-0.25, -0.2) is 19.2 Å². The maximum atomic E-state index is 11.5. The van der Waals surface area contributed by atoms with Crippen LogP contribution in [-0.2, 0) is 28.7 Å². The van der Waals surface area contributed by atoms with Crippen LogP contribution in [0.3, 0.4) is 0 Å². The molecule has 0 aromatic rings. The van der Waals surface area contributed by atoms with E-state index < -0.39 is 23.9 Å². The van der Waals surface area contributed by atoms with Gasteiger partial charge in [0.15, 0.2) is 0 Å². The highest BCUT2D eigenvalue weighted by molar-refractivity contribution is 5.96. The Kier molecular flexibility index (Phi) is 21.3. The molecule has 0 rings (SSSR count). The van der Waals surface area contributed by atoms with E-state index >= 15 is 0 Å². The van der Waals surface area contributed by atoms with Gasteiger partial charge in [0.05, 0.1) is 13.2 Å². The summed E-state index contributed by atoms with van der Waals surface area (Å²) in [5.74, 6) is -3.19. The van der Waals surface area contributed by atoms with Gasteiger partial charge in [0, 0.05) is 23.3 Å². The number of rotatable bonds is 16. The van der Waals surface area contributed by atoms with Gasteiger partial charge in [0.2, 0.25) is 0 Å². The Labute approximate surface area is 191 Å². The Morgan fingerprint density at radius 1 is 0.594 bits per heavy atom. The van der Waals surface area contributed by atoms with Crippen LogP contribution in [0.2, 0.25) is 0 Å². The van der Waals surface area contributed by atoms with Crippen molar-refractivity contribution in [3.8, 4) is 0 Å². The molecule has 0 aromatic carbocycles. The van der Waals surface area contributed by atoms with Gasteiger partial charge in [0.1, 0.15) is 0 Å². The summed E-state index contributed by atoms with van der Waals surface area (Å²) in [5, 5.41) is 17.2. The molecule has 0 aliphatic rings. The van der Waals surface area contributed by atoms with E-state index in [9.17, 15) is 19.2 Å². The summed E-state index contributed by atoms with van der Waals surface area (Å²) < 4.78 is 9.94. The van der Waals surface area contributed by atoms with E-state index in [2.05, 4.69) is 0 Å². The summed E-state index contributed by atoms with van der Waals surface area (Å²) in [7, 11) is 0. The third-order valence-electron chi connectivity index (χ3n) is 4.18. The molecule has 8 heteroatoms. The van der Waals surface area contributed by atoms with Gasteiger partial charge in [-0.3, -0.25) is 0 Å². The van der Waals surface area contributed by atoms with E-state index in [0.717, 1.165) is 63.5 Å². The number of carboxylic acids is 2. The zero-order chi connectivity index (χ0) is 24.8. The lowest BCUT2D eigenvalue weighted by atomic mass is 10.1. The third kappa shape index (κ3) is 19.3. The Balaban J connectivity index is 0. The van der Waals surface area contributed by atoms with Gasteiger partial charge < -0.3 is 19.7 Å². The monoisotopic (exact) mass is 456 g/mol. The van der Waals surface area contributed by atoms with Crippen LogP contribution < -0.4 is 0 Å². The van der Waals surface area contributed by atoms with E-state index in [1.165, 1.54) is 0 Å². The fourth-order valence-corrected chi connectivity index (χ4v) is 2.30. The van der Waals surface area contributed by atoms with Crippen LogP contribution in [0.5, 0.6) is 0 Å². The van der Waals surface area contributed by atoms with Crippen molar-refractivity contribution in [2.75, 3.05) is 13.2 Å². The average molecular weight is 457 g/mol. The summed E-state index contributed by atoms with van der Waals surface area (Å²) in [4.78, 5) is 44.1. The minimum Gasteiger partial charge on any atom is -0.478 e. The molecule has 0 saturated heterocycles. The fraction of sp³-hybridized carbons (Fsp3) is 0.667.